The third kappa shape index (κ3) is 3.48. The summed E-state index contributed by atoms with van der Waals surface area (Å²) in [4.78, 5) is 22.8. The molecule has 0 aliphatic heterocycles. The van der Waals surface area contributed by atoms with E-state index in [0.717, 1.165) is 5.56 Å². The van der Waals surface area contributed by atoms with Crippen molar-refractivity contribution >= 4 is 17.3 Å². The highest BCUT2D eigenvalue weighted by Crippen LogP contribution is 2.22. The average Bonchev–Trinajstić information content (AvgIpc) is 2.47. The van der Waals surface area contributed by atoms with Crippen molar-refractivity contribution < 1.29 is 14.5 Å². The monoisotopic (exact) mass is 300 g/mol. The van der Waals surface area contributed by atoms with Crippen LogP contribution in [0.4, 0.5) is 11.4 Å². The first-order valence-corrected chi connectivity index (χ1v) is 6.66. The number of nitrogens with one attached hydrogen (secondary N) is 1. The van der Waals surface area contributed by atoms with Gasteiger partial charge in [0.25, 0.3) is 11.6 Å². The molecule has 2 aromatic carbocycles. The van der Waals surface area contributed by atoms with E-state index in [1.54, 1.807) is 32.2 Å². The zero-order valence-corrected chi connectivity index (χ0v) is 12.3. The number of methoxy groups -OCH3 is 1. The minimum absolute atomic E-state index is 0.0687. The maximum Gasteiger partial charge on any atom is 0.273 e. The minimum atomic E-state index is -0.495. The molecule has 0 heterocycles. The molecule has 0 radical (unpaired) electrons. The zero-order chi connectivity index (χ0) is 16.1. The van der Waals surface area contributed by atoms with Crippen molar-refractivity contribution in [2.75, 3.05) is 12.4 Å². The molecule has 0 fully saturated rings. The van der Waals surface area contributed by atoms with E-state index in [0.29, 0.717) is 17.9 Å². The summed E-state index contributed by atoms with van der Waals surface area (Å²) in [5.74, 6) is -0.379. The Morgan fingerprint density at radius 3 is 2.68 bits per heavy atom. The highest BCUT2D eigenvalue weighted by atomic mass is 16.6. The molecule has 0 saturated heterocycles. The number of hydrogen-bond acceptors (Lipinski definition) is 4. The van der Waals surface area contributed by atoms with Crippen LogP contribution in [0.1, 0.15) is 21.5 Å². The van der Waals surface area contributed by atoms with Gasteiger partial charge in [-0.2, -0.15) is 0 Å². The van der Waals surface area contributed by atoms with Gasteiger partial charge in [0, 0.05) is 30.0 Å². The first-order chi connectivity index (χ1) is 10.5. The molecule has 0 atom stereocenters. The average molecular weight is 300 g/mol. The SMILES string of the molecule is COCc1cccc(NC(=O)c2cccc([N+](=O)[O-])c2C)c1. The van der Waals surface area contributed by atoms with Crippen molar-refractivity contribution in [3.8, 4) is 0 Å². The number of anilines is 1. The summed E-state index contributed by atoms with van der Waals surface area (Å²) < 4.78 is 5.05. The molecule has 2 aromatic rings. The second-order valence-electron chi connectivity index (χ2n) is 4.79. The fraction of sp³-hybridized carbons (Fsp3) is 0.188. The Morgan fingerprint density at radius 1 is 1.27 bits per heavy atom. The second kappa shape index (κ2) is 6.82. The Hall–Kier alpha value is -2.73. The zero-order valence-electron chi connectivity index (χ0n) is 12.3. The van der Waals surface area contributed by atoms with E-state index in [9.17, 15) is 14.9 Å². The van der Waals surface area contributed by atoms with Crippen molar-refractivity contribution in [1.82, 2.24) is 0 Å². The summed E-state index contributed by atoms with van der Waals surface area (Å²) in [6.07, 6.45) is 0. The summed E-state index contributed by atoms with van der Waals surface area (Å²) in [6.45, 7) is 2.01. The third-order valence-corrected chi connectivity index (χ3v) is 3.24. The minimum Gasteiger partial charge on any atom is -0.380 e. The predicted octanol–water partition coefficient (Wildman–Crippen LogP) is 3.30. The third-order valence-electron chi connectivity index (χ3n) is 3.24. The van der Waals surface area contributed by atoms with Crippen molar-refractivity contribution in [2.45, 2.75) is 13.5 Å². The largest absolute Gasteiger partial charge is 0.380 e. The van der Waals surface area contributed by atoms with Gasteiger partial charge in [0.2, 0.25) is 0 Å². The molecule has 114 valence electrons. The van der Waals surface area contributed by atoms with Crippen LogP contribution in [0.3, 0.4) is 0 Å². The molecule has 0 spiro atoms. The van der Waals surface area contributed by atoms with E-state index in [2.05, 4.69) is 5.32 Å². The lowest BCUT2D eigenvalue weighted by Gasteiger charge is -2.09. The van der Waals surface area contributed by atoms with Gasteiger partial charge in [-0.25, -0.2) is 0 Å². The van der Waals surface area contributed by atoms with Crippen LogP contribution in [0.15, 0.2) is 42.5 Å². The summed E-state index contributed by atoms with van der Waals surface area (Å²) in [5, 5.41) is 13.7. The molecule has 0 bridgehead atoms. The molecule has 0 unspecified atom stereocenters. The number of nitro groups is 1. The lowest BCUT2D eigenvalue weighted by molar-refractivity contribution is -0.385. The van der Waals surface area contributed by atoms with Crippen LogP contribution >= 0.6 is 0 Å². The topological polar surface area (TPSA) is 81.5 Å². The lowest BCUT2D eigenvalue weighted by atomic mass is 10.1. The standard InChI is InChI=1S/C16H16N2O4/c1-11-14(7-4-8-15(11)18(20)21)16(19)17-13-6-3-5-12(9-13)10-22-2/h3-9H,10H2,1-2H3,(H,17,19). The molecular formula is C16H16N2O4. The Morgan fingerprint density at radius 2 is 2.00 bits per heavy atom. The van der Waals surface area contributed by atoms with Crippen molar-refractivity contribution in [3.63, 3.8) is 0 Å². The number of nitrogens with zero attached hydrogens (tertiary/aromatic N) is 1. The van der Waals surface area contributed by atoms with Crippen LogP contribution < -0.4 is 5.32 Å². The van der Waals surface area contributed by atoms with Crippen LogP contribution in [-0.4, -0.2) is 17.9 Å². The number of carbonyl (C=O) groups is 1. The summed E-state index contributed by atoms with van der Waals surface area (Å²) in [5.41, 5.74) is 2.10. The molecule has 0 saturated carbocycles. The van der Waals surface area contributed by atoms with Gasteiger partial charge >= 0.3 is 0 Å². The summed E-state index contributed by atoms with van der Waals surface area (Å²) in [7, 11) is 1.59. The second-order valence-corrected chi connectivity index (χ2v) is 4.79. The molecule has 0 aliphatic rings. The van der Waals surface area contributed by atoms with Crippen LogP contribution in [0, 0.1) is 17.0 Å². The molecule has 2 rings (SSSR count). The first-order valence-electron chi connectivity index (χ1n) is 6.66. The fourth-order valence-electron chi connectivity index (χ4n) is 2.17. The fourth-order valence-corrected chi connectivity index (χ4v) is 2.17. The van der Waals surface area contributed by atoms with Gasteiger partial charge in [-0.05, 0) is 30.7 Å². The predicted molar refractivity (Wildman–Crippen MR) is 82.9 cm³/mol. The van der Waals surface area contributed by atoms with E-state index in [1.165, 1.54) is 12.1 Å². The van der Waals surface area contributed by atoms with Gasteiger partial charge in [0.15, 0.2) is 0 Å². The summed E-state index contributed by atoms with van der Waals surface area (Å²) in [6, 6.07) is 11.7. The van der Waals surface area contributed by atoms with E-state index in [-0.39, 0.29) is 17.2 Å². The molecule has 6 nitrogen and oxygen atoms in total. The van der Waals surface area contributed by atoms with Crippen molar-refractivity contribution in [1.29, 1.82) is 0 Å². The quantitative estimate of drug-likeness (QED) is 0.678. The van der Waals surface area contributed by atoms with Gasteiger partial charge in [-0.15, -0.1) is 0 Å². The highest BCUT2D eigenvalue weighted by Gasteiger charge is 2.17. The molecule has 6 heteroatoms. The van der Waals surface area contributed by atoms with Crippen LogP contribution in [0.25, 0.3) is 0 Å². The van der Waals surface area contributed by atoms with Crippen LogP contribution in [-0.2, 0) is 11.3 Å². The number of carbonyl (C=O) groups excluding carboxylic acids is 1. The summed E-state index contributed by atoms with van der Waals surface area (Å²) >= 11 is 0. The smallest absolute Gasteiger partial charge is 0.273 e. The Bertz CT molecular complexity index is 713. The first kappa shape index (κ1) is 15.7. The lowest BCUT2D eigenvalue weighted by Crippen LogP contribution is -2.14. The van der Waals surface area contributed by atoms with Gasteiger partial charge in [-0.1, -0.05) is 18.2 Å². The van der Waals surface area contributed by atoms with Crippen LogP contribution in [0.2, 0.25) is 0 Å². The van der Waals surface area contributed by atoms with Crippen LogP contribution in [0.5, 0.6) is 0 Å². The van der Waals surface area contributed by atoms with E-state index in [4.69, 9.17) is 4.74 Å². The number of ether oxygens (including phenoxy) is 1. The van der Waals surface area contributed by atoms with Crippen molar-refractivity contribution in [3.05, 3.63) is 69.3 Å². The molecule has 0 aromatic heterocycles. The molecule has 1 amide bonds. The molecule has 1 N–H and O–H groups in total. The number of rotatable bonds is 5. The van der Waals surface area contributed by atoms with E-state index < -0.39 is 4.92 Å². The normalized spacial score (nSPS) is 10.3. The van der Waals surface area contributed by atoms with E-state index >= 15 is 0 Å². The van der Waals surface area contributed by atoms with E-state index in [1.807, 2.05) is 12.1 Å². The number of benzene rings is 2. The molecular weight excluding hydrogens is 284 g/mol. The highest BCUT2D eigenvalue weighted by molar-refractivity contribution is 6.05. The molecule has 0 aliphatic carbocycles. The Balaban J connectivity index is 2.24. The number of hydrogen-bond donors (Lipinski definition) is 1. The Kier molecular flexibility index (Phi) is 4.85. The van der Waals surface area contributed by atoms with Gasteiger partial charge in [0.05, 0.1) is 11.5 Å². The number of amides is 1. The van der Waals surface area contributed by atoms with Gasteiger partial charge in [-0.3, -0.25) is 14.9 Å². The maximum atomic E-state index is 12.3. The van der Waals surface area contributed by atoms with Gasteiger partial charge in [0.1, 0.15) is 0 Å². The molecule has 22 heavy (non-hydrogen) atoms. The number of nitro benzene ring substituents is 1. The Labute approximate surface area is 127 Å². The maximum absolute atomic E-state index is 12.3. The van der Waals surface area contributed by atoms with Crippen molar-refractivity contribution in [2.24, 2.45) is 0 Å². The van der Waals surface area contributed by atoms with Gasteiger partial charge < -0.3 is 10.1 Å².